The summed E-state index contributed by atoms with van der Waals surface area (Å²) < 4.78 is 5.88. The molecule has 0 spiro atoms. The Bertz CT molecular complexity index is 950. The van der Waals surface area contributed by atoms with Gasteiger partial charge < -0.3 is 15.0 Å². The van der Waals surface area contributed by atoms with Crippen LogP contribution < -0.4 is 10.1 Å². The summed E-state index contributed by atoms with van der Waals surface area (Å²) in [5.74, 6) is 0.195. The largest absolute Gasteiger partial charge is 0.483 e. The molecule has 0 saturated carbocycles. The number of aryl methyl sites for hydroxylation is 2. The van der Waals surface area contributed by atoms with Crippen LogP contribution in [0.2, 0.25) is 5.02 Å². The van der Waals surface area contributed by atoms with Crippen molar-refractivity contribution in [1.29, 1.82) is 0 Å². The third-order valence-electron chi connectivity index (χ3n) is 5.02. The minimum Gasteiger partial charge on any atom is -0.483 e. The number of nitrogens with zero attached hydrogens (tertiary/aromatic N) is 1. The summed E-state index contributed by atoms with van der Waals surface area (Å²) in [7, 11) is 0. The predicted molar refractivity (Wildman–Crippen MR) is 126 cm³/mol. The van der Waals surface area contributed by atoms with Gasteiger partial charge in [0.1, 0.15) is 11.8 Å². The van der Waals surface area contributed by atoms with Gasteiger partial charge >= 0.3 is 0 Å². The number of hydrogen-bond acceptors (Lipinski definition) is 3. The first kappa shape index (κ1) is 24.7. The highest BCUT2D eigenvalue weighted by Crippen LogP contribution is 2.23. The minimum absolute atomic E-state index is 0.155. The number of ether oxygens (including phenoxy) is 1. The van der Waals surface area contributed by atoms with Crippen LogP contribution in [0.25, 0.3) is 0 Å². The number of carbonyl (C=O) groups is 2. The molecule has 31 heavy (non-hydrogen) atoms. The number of carbonyl (C=O) groups excluding carboxylic acids is 2. The van der Waals surface area contributed by atoms with E-state index < -0.39 is 11.6 Å². The zero-order valence-electron chi connectivity index (χ0n) is 19.5. The summed E-state index contributed by atoms with van der Waals surface area (Å²) in [6.45, 7) is 13.5. The van der Waals surface area contributed by atoms with Crippen LogP contribution in [0.5, 0.6) is 5.75 Å². The van der Waals surface area contributed by atoms with Crippen LogP contribution in [0.3, 0.4) is 0 Å². The fourth-order valence-electron chi connectivity index (χ4n) is 3.26. The van der Waals surface area contributed by atoms with Gasteiger partial charge in [0, 0.05) is 17.1 Å². The summed E-state index contributed by atoms with van der Waals surface area (Å²) in [6, 6.07) is 10.6. The number of rotatable bonds is 7. The van der Waals surface area contributed by atoms with Gasteiger partial charge in [0.2, 0.25) is 5.91 Å². The molecule has 2 amide bonds. The average molecular weight is 445 g/mol. The Hall–Kier alpha value is -2.53. The smallest absolute Gasteiger partial charge is 0.261 e. The maximum Gasteiger partial charge on any atom is 0.261 e. The Morgan fingerprint density at radius 3 is 2.42 bits per heavy atom. The summed E-state index contributed by atoms with van der Waals surface area (Å²) in [4.78, 5) is 27.5. The molecule has 1 N–H and O–H groups in total. The van der Waals surface area contributed by atoms with E-state index in [-0.39, 0.29) is 25.0 Å². The van der Waals surface area contributed by atoms with E-state index in [4.69, 9.17) is 16.3 Å². The maximum absolute atomic E-state index is 13.2. The second-order valence-electron chi connectivity index (χ2n) is 9.06. The van der Waals surface area contributed by atoms with Gasteiger partial charge in [-0.3, -0.25) is 9.59 Å². The first-order chi connectivity index (χ1) is 14.4. The Morgan fingerprint density at radius 2 is 1.81 bits per heavy atom. The van der Waals surface area contributed by atoms with Crippen LogP contribution in [-0.4, -0.2) is 34.9 Å². The fraction of sp³-hybridized carbons (Fsp3) is 0.440. The monoisotopic (exact) mass is 444 g/mol. The lowest BCUT2D eigenvalue weighted by molar-refractivity contribution is -0.142. The highest BCUT2D eigenvalue weighted by Gasteiger charge is 2.28. The van der Waals surface area contributed by atoms with Gasteiger partial charge in [-0.1, -0.05) is 29.8 Å². The van der Waals surface area contributed by atoms with E-state index in [0.717, 1.165) is 22.3 Å². The van der Waals surface area contributed by atoms with E-state index in [2.05, 4.69) is 11.4 Å². The van der Waals surface area contributed by atoms with Crippen molar-refractivity contribution in [3.05, 3.63) is 63.7 Å². The molecule has 2 aromatic rings. The van der Waals surface area contributed by atoms with Crippen molar-refractivity contribution in [2.24, 2.45) is 0 Å². The van der Waals surface area contributed by atoms with Crippen molar-refractivity contribution < 1.29 is 14.3 Å². The highest BCUT2D eigenvalue weighted by atomic mass is 35.5. The lowest BCUT2D eigenvalue weighted by Crippen LogP contribution is -2.53. The van der Waals surface area contributed by atoms with Crippen LogP contribution in [0.15, 0.2) is 36.4 Å². The molecule has 2 rings (SSSR count). The fourth-order valence-corrected chi connectivity index (χ4v) is 3.47. The SMILES string of the molecule is Cc1cc(C)c(C)c(OCC(=O)N(Cc2cccc(Cl)c2)[C@@H](C)C(=O)NC(C)(C)C)c1. The molecule has 0 bridgehead atoms. The van der Waals surface area contributed by atoms with E-state index in [1.54, 1.807) is 19.1 Å². The van der Waals surface area contributed by atoms with Gasteiger partial charge in [0.05, 0.1) is 0 Å². The predicted octanol–water partition coefficient (Wildman–Crippen LogP) is 4.98. The number of benzene rings is 2. The molecular weight excluding hydrogens is 412 g/mol. The van der Waals surface area contributed by atoms with Crippen LogP contribution in [0.1, 0.15) is 49.9 Å². The standard InChI is InChI=1S/C25H33ClN2O3/c1-16-11-17(2)18(3)22(12-16)31-15-23(29)28(14-20-9-8-10-21(26)13-20)19(4)24(30)27-25(5,6)7/h8-13,19H,14-15H2,1-7H3,(H,27,30)/t19-/m0/s1. The first-order valence-electron chi connectivity index (χ1n) is 10.4. The van der Waals surface area contributed by atoms with Gasteiger partial charge in [-0.25, -0.2) is 0 Å². The Morgan fingerprint density at radius 1 is 1.13 bits per heavy atom. The van der Waals surface area contributed by atoms with Gasteiger partial charge in [-0.15, -0.1) is 0 Å². The van der Waals surface area contributed by atoms with E-state index in [1.807, 2.05) is 59.7 Å². The molecule has 1 atom stereocenters. The lowest BCUT2D eigenvalue weighted by atomic mass is 10.1. The molecule has 0 fully saturated rings. The van der Waals surface area contributed by atoms with E-state index in [0.29, 0.717) is 10.8 Å². The highest BCUT2D eigenvalue weighted by molar-refractivity contribution is 6.30. The first-order valence-corrected chi connectivity index (χ1v) is 10.8. The second-order valence-corrected chi connectivity index (χ2v) is 9.50. The molecule has 0 aliphatic carbocycles. The van der Waals surface area contributed by atoms with E-state index in [9.17, 15) is 9.59 Å². The van der Waals surface area contributed by atoms with Crippen LogP contribution in [0, 0.1) is 20.8 Å². The number of halogens is 1. The zero-order chi connectivity index (χ0) is 23.3. The Balaban J connectivity index is 2.24. The third-order valence-corrected chi connectivity index (χ3v) is 5.26. The molecule has 5 nitrogen and oxygen atoms in total. The molecule has 0 aliphatic heterocycles. The third kappa shape index (κ3) is 7.28. The average Bonchev–Trinajstić information content (AvgIpc) is 2.65. The molecular formula is C25H33ClN2O3. The molecule has 6 heteroatoms. The normalized spacial score (nSPS) is 12.3. The number of nitrogens with one attached hydrogen (secondary N) is 1. The molecule has 0 aliphatic rings. The minimum atomic E-state index is -0.672. The van der Waals surface area contributed by atoms with Gasteiger partial charge in [-0.2, -0.15) is 0 Å². The quantitative estimate of drug-likeness (QED) is 0.655. The van der Waals surface area contributed by atoms with Crippen molar-refractivity contribution in [2.45, 2.75) is 66.6 Å². The van der Waals surface area contributed by atoms with E-state index in [1.165, 1.54) is 4.90 Å². The number of hydrogen-bond donors (Lipinski definition) is 1. The molecule has 2 aromatic carbocycles. The lowest BCUT2D eigenvalue weighted by Gasteiger charge is -2.31. The molecule has 168 valence electrons. The molecule has 0 aromatic heterocycles. The van der Waals surface area contributed by atoms with Gasteiger partial charge in [-0.05, 0) is 88.9 Å². The molecule has 0 saturated heterocycles. The maximum atomic E-state index is 13.2. The van der Waals surface area contributed by atoms with Crippen LogP contribution in [-0.2, 0) is 16.1 Å². The zero-order valence-corrected chi connectivity index (χ0v) is 20.3. The molecule has 0 heterocycles. The van der Waals surface area contributed by atoms with Crippen molar-refractivity contribution in [3.63, 3.8) is 0 Å². The van der Waals surface area contributed by atoms with Gasteiger partial charge in [0.25, 0.3) is 5.91 Å². The Labute approximate surface area is 190 Å². The summed E-state index contributed by atoms with van der Waals surface area (Å²) in [5.41, 5.74) is 3.62. The van der Waals surface area contributed by atoms with Crippen LogP contribution >= 0.6 is 11.6 Å². The van der Waals surface area contributed by atoms with Crippen LogP contribution in [0.4, 0.5) is 0 Å². The van der Waals surface area contributed by atoms with Crippen molar-refractivity contribution in [3.8, 4) is 5.75 Å². The second kappa shape index (κ2) is 10.2. The Kier molecular flexibility index (Phi) is 8.13. The van der Waals surface area contributed by atoms with Crippen molar-refractivity contribution in [2.75, 3.05) is 6.61 Å². The summed E-state index contributed by atoms with van der Waals surface area (Å²) in [5, 5.41) is 3.53. The van der Waals surface area contributed by atoms with Crippen molar-refractivity contribution >= 4 is 23.4 Å². The summed E-state index contributed by atoms with van der Waals surface area (Å²) >= 11 is 6.12. The molecule has 0 unspecified atom stereocenters. The number of amides is 2. The topological polar surface area (TPSA) is 58.6 Å². The molecule has 0 radical (unpaired) electrons. The van der Waals surface area contributed by atoms with E-state index >= 15 is 0 Å². The van der Waals surface area contributed by atoms with Crippen molar-refractivity contribution in [1.82, 2.24) is 10.2 Å². The summed E-state index contributed by atoms with van der Waals surface area (Å²) in [6.07, 6.45) is 0. The van der Waals surface area contributed by atoms with Gasteiger partial charge in [0.15, 0.2) is 6.61 Å².